The van der Waals surface area contributed by atoms with Crippen molar-refractivity contribution in [1.82, 2.24) is 0 Å². The van der Waals surface area contributed by atoms with Crippen molar-refractivity contribution in [3.8, 4) is 0 Å². The molecule has 4 nitrogen and oxygen atoms in total. The Bertz CT molecular complexity index is 454. The summed E-state index contributed by atoms with van der Waals surface area (Å²) >= 11 is 0. The third-order valence-corrected chi connectivity index (χ3v) is 1.55. The Morgan fingerprint density at radius 2 is 2.00 bits per heavy atom. The van der Waals surface area contributed by atoms with Crippen molar-refractivity contribution in [2.24, 2.45) is 0 Å². The Hall–Kier alpha value is -2.24. The number of halogens is 2. The second-order valence-electron chi connectivity index (χ2n) is 2.69. The number of benzene rings is 1. The molecule has 1 aromatic rings. The first-order valence-corrected chi connectivity index (χ1v) is 4.07. The van der Waals surface area contributed by atoms with Crippen LogP contribution in [0.4, 0.5) is 13.6 Å². The van der Waals surface area contributed by atoms with E-state index in [-0.39, 0.29) is 5.56 Å². The average Bonchev–Trinajstić information content (AvgIpc) is 2.15. The lowest BCUT2D eigenvalue weighted by atomic mass is 10.2. The first-order chi connectivity index (χ1) is 7.49. The van der Waals surface area contributed by atoms with Crippen LogP contribution in [0.5, 0.6) is 0 Å². The van der Waals surface area contributed by atoms with Gasteiger partial charge in [0.25, 0.3) is 0 Å². The maximum atomic E-state index is 13.0. The summed E-state index contributed by atoms with van der Waals surface area (Å²) in [4.78, 5) is 20.7. The molecule has 0 saturated carbocycles. The highest BCUT2D eigenvalue weighted by molar-refractivity contribution is 5.92. The van der Waals surface area contributed by atoms with Gasteiger partial charge in [-0.2, -0.15) is 0 Å². The minimum absolute atomic E-state index is 0.0521. The van der Waals surface area contributed by atoms with Gasteiger partial charge in [0.1, 0.15) is 11.6 Å². The second kappa shape index (κ2) is 5.01. The molecule has 1 aromatic carbocycles. The molecule has 0 spiro atoms. The third-order valence-electron chi connectivity index (χ3n) is 1.55. The summed E-state index contributed by atoms with van der Waals surface area (Å²) in [7, 11) is 0. The first kappa shape index (κ1) is 11.8. The molecular formula is C10H6F2O4. The summed E-state index contributed by atoms with van der Waals surface area (Å²) in [5.74, 6) is -2.77. The topological polar surface area (TPSA) is 63.6 Å². The monoisotopic (exact) mass is 228 g/mol. The van der Waals surface area contributed by atoms with E-state index in [1.165, 1.54) is 0 Å². The standard InChI is InChI=1S/C10H6F2O4/c11-7-3-1-6(8(12)5-7)2-4-9(13)16-10(14)15/h1-5H,(H,14,15). The van der Waals surface area contributed by atoms with Gasteiger partial charge in [-0.3, -0.25) is 0 Å². The van der Waals surface area contributed by atoms with Gasteiger partial charge >= 0.3 is 12.1 Å². The Morgan fingerprint density at radius 3 is 2.56 bits per heavy atom. The molecule has 0 aliphatic carbocycles. The van der Waals surface area contributed by atoms with Crippen LogP contribution in [0.25, 0.3) is 6.08 Å². The number of hydrogen-bond acceptors (Lipinski definition) is 3. The van der Waals surface area contributed by atoms with E-state index in [1.54, 1.807) is 0 Å². The molecule has 6 heteroatoms. The molecular weight excluding hydrogens is 222 g/mol. The van der Waals surface area contributed by atoms with Crippen molar-refractivity contribution < 1.29 is 28.2 Å². The number of carbonyl (C=O) groups excluding carboxylic acids is 1. The maximum Gasteiger partial charge on any atom is 0.513 e. The van der Waals surface area contributed by atoms with E-state index in [0.717, 1.165) is 24.3 Å². The smallest absolute Gasteiger partial charge is 0.449 e. The highest BCUT2D eigenvalue weighted by Gasteiger charge is 2.05. The number of esters is 1. The van der Waals surface area contributed by atoms with Crippen LogP contribution >= 0.6 is 0 Å². The van der Waals surface area contributed by atoms with Crippen LogP contribution in [-0.2, 0) is 9.53 Å². The molecule has 0 saturated heterocycles. The molecule has 0 aliphatic rings. The molecule has 0 radical (unpaired) electrons. The van der Waals surface area contributed by atoms with Gasteiger partial charge in [-0.1, -0.05) is 0 Å². The van der Waals surface area contributed by atoms with E-state index in [9.17, 15) is 18.4 Å². The van der Waals surface area contributed by atoms with Crippen LogP contribution in [0, 0.1) is 11.6 Å². The number of rotatable bonds is 2. The van der Waals surface area contributed by atoms with Crippen LogP contribution in [0.3, 0.4) is 0 Å². The summed E-state index contributed by atoms with van der Waals surface area (Å²) in [6.07, 6.45) is -0.0426. The lowest BCUT2D eigenvalue weighted by Crippen LogP contribution is -2.06. The van der Waals surface area contributed by atoms with E-state index in [2.05, 4.69) is 4.74 Å². The summed E-state index contributed by atoms with van der Waals surface area (Å²) in [5, 5.41) is 8.07. The zero-order chi connectivity index (χ0) is 12.1. The quantitative estimate of drug-likeness (QED) is 0.478. The van der Waals surface area contributed by atoms with Gasteiger partial charge in [0, 0.05) is 17.7 Å². The molecule has 1 N–H and O–H groups in total. The fourth-order valence-corrected chi connectivity index (χ4v) is 0.915. The SMILES string of the molecule is O=C(O)OC(=O)C=Cc1ccc(F)cc1F. The van der Waals surface area contributed by atoms with Crippen molar-refractivity contribution in [3.05, 3.63) is 41.5 Å². The lowest BCUT2D eigenvalue weighted by molar-refractivity contribution is -0.133. The molecule has 0 heterocycles. The molecule has 16 heavy (non-hydrogen) atoms. The van der Waals surface area contributed by atoms with E-state index >= 15 is 0 Å². The Kier molecular flexibility index (Phi) is 3.71. The summed E-state index contributed by atoms with van der Waals surface area (Å²) < 4.78 is 29.2. The molecule has 0 aromatic heterocycles. The number of hydrogen-bond donors (Lipinski definition) is 1. The number of ether oxygens (including phenoxy) is 1. The normalized spacial score (nSPS) is 10.4. The molecule has 0 aliphatic heterocycles. The van der Waals surface area contributed by atoms with Gasteiger partial charge in [0.05, 0.1) is 0 Å². The summed E-state index contributed by atoms with van der Waals surface area (Å²) in [5.41, 5.74) is -0.0521. The molecule has 0 amide bonds. The van der Waals surface area contributed by atoms with Crippen molar-refractivity contribution in [2.75, 3.05) is 0 Å². The molecule has 0 unspecified atom stereocenters. The molecule has 1 rings (SSSR count). The predicted octanol–water partition coefficient (Wildman–Crippen LogP) is 2.20. The zero-order valence-electron chi connectivity index (χ0n) is 7.81. The van der Waals surface area contributed by atoms with Gasteiger partial charge in [0.2, 0.25) is 0 Å². The van der Waals surface area contributed by atoms with Crippen molar-refractivity contribution in [2.45, 2.75) is 0 Å². The van der Waals surface area contributed by atoms with Gasteiger partial charge in [-0.05, 0) is 18.2 Å². The minimum Gasteiger partial charge on any atom is -0.449 e. The minimum atomic E-state index is -1.76. The fourth-order valence-electron chi connectivity index (χ4n) is 0.915. The Balaban J connectivity index is 2.76. The van der Waals surface area contributed by atoms with Gasteiger partial charge in [-0.15, -0.1) is 0 Å². The van der Waals surface area contributed by atoms with E-state index in [4.69, 9.17) is 5.11 Å². The van der Waals surface area contributed by atoms with E-state index in [1.807, 2.05) is 0 Å². The van der Waals surface area contributed by atoms with Crippen molar-refractivity contribution in [3.63, 3.8) is 0 Å². The molecule has 0 fully saturated rings. The Labute approximate surface area is 88.8 Å². The predicted molar refractivity (Wildman–Crippen MR) is 49.5 cm³/mol. The highest BCUT2D eigenvalue weighted by Crippen LogP contribution is 2.11. The Morgan fingerprint density at radius 1 is 1.31 bits per heavy atom. The molecule has 0 atom stereocenters. The fraction of sp³-hybridized carbons (Fsp3) is 0. The van der Waals surface area contributed by atoms with Gasteiger partial charge < -0.3 is 9.84 Å². The van der Waals surface area contributed by atoms with Crippen molar-refractivity contribution >= 4 is 18.2 Å². The van der Waals surface area contributed by atoms with Gasteiger partial charge in [-0.25, -0.2) is 18.4 Å². The zero-order valence-corrected chi connectivity index (χ0v) is 7.81. The van der Waals surface area contributed by atoms with Crippen LogP contribution < -0.4 is 0 Å². The van der Waals surface area contributed by atoms with Crippen LogP contribution in [-0.4, -0.2) is 17.2 Å². The van der Waals surface area contributed by atoms with E-state index in [0.29, 0.717) is 6.07 Å². The number of carboxylic acid groups (broad SMARTS) is 1. The van der Waals surface area contributed by atoms with Crippen molar-refractivity contribution in [1.29, 1.82) is 0 Å². The summed E-state index contributed by atoms with van der Waals surface area (Å²) in [6.45, 7) is 0. The maximum absolute atomic E-state index is 13.0. The number of carbonyl (C=O) groups is 2. The largest absolute Gasteiger partial charge is 0.513 e. The average molecular weight is 228 g/mol. The van der Waals surface area contributed by atoms with E-state index < -0.39 is 23.8 Å². The van der Waals surface area contributed by atoms with Crippen LogP contribution in [0.15, 0.2) is 24.3 Å². The first-order valence-electron chi connectivity index (χ1n) is 4.07. The van der Waals surface area contributed by atoms with Gasteiger partial charge in [0.15, 0.2) is 0 Å². The molecule has 84 valence electrons. The third kappa shape index (κ3) is 3.49. The highest BCUT2D eigenvalue weighted by atomic mass is 19.1. The lowest BCUT2D eigenvalue weighted by Gasteiger charge is -1.96. The molecule has 0 bridgehead atoms. The van der Waals surface area contributed by atoms with Crippen LogP contribution in [0.2, 0.25) is 0 Å². The second-order valence-corrected chi connectivity index (χ2v) is 2.69. The van der Waals surface area contributed by atoms with Crippen LogP contribution in [0.1, 0.15) is 5.56 Å². The summed E-state index contributed by atoms with van der Waals surface area (Å²) in [6, 6.07) is 2.75.